The summed E-state index contributed by atoms with van der Waals surface area (Å²) in [6.07, 6.45) is 1.31. The van der Waals surface area contributed by atoms with Crippen LogP contribution in [0.5, 0.6) is 5.75 Å². The maximum absolute atomic E-state index is 11.7. The second-order valence-electron chi connectivity index (χ2n) is 6.02. The minimum absolute atomic E-state index is 0.251. The topological polar surface area (TPSA) is 100 Å². The number of methoxy groups -OCH3 is 1. The fourth-order valence-electron chi connectivity index (χ4n) is 2.53. The van der Waals surface area contributed by atoms with Gasteiger partial charge in [0.1, 0.15) is 11.0 Å². The fraction of sp³-hybridized carbons (Fsp3) is 0.200. The highest BCUT2D eigenvalue weighted by molar-refractivity contribution is 8.15. The molecule has 2 aromatic carbocycles. The molecule has 9 heteroatoms. The molecule has 29 heavy (non-hydrogen) atoms. The van der Waals surface area contributed by atoms with Crippen LogP contribution in [-0.4, -0.2) is 40.7 Å². The quantitative estimate of drug-likeness (QED) is 0.379. The molecule has 1 saturated heterocycles. The van der Waals surface area contributed by atoms with Gasteiger partial charge in [-0.15, -0.1) is 16.9 Å². The standard InChI is InChI=1S/C20H19N3O4S2/c1-27-16-9-13(7-8-14(16)12-28-15-5-3-2-4-6-15)11-21-23-20-22-19(26)17(29-20)10-18(24)25/h2-9,11,17H,10,12H2,1H3,(H,24,25)(H,22,23,26). The molecule has 3 rings (SSSR count). The molecule has 1 fully saturated rings. The number of rotatable bonds is 8. The molecule has 0 spiro atoms. The van der Waals surface area contributed by atoms with E-state index in [1.807, 2.05) is 36.4 Å². The number of hydrogen-bond donors (Lipinski definition) is 2. The lowest BCUT2D eigenvalue weighted by atomic mass is 10.1. The van der Waals surface area contributed by atoms with Gasteiger partial charge in [-0.25, -0.2) is 0 Å². The Morgan fingerprint density at radius 2 is 2.10 bits per heavy atom. The molecule has 1 heterocycles. The largest absolute Gasteiger partial charge is 0.496 e. The van der Waals surface area contributed by atoms with Crippen LogP contribution in [0.1, 0.15) is 17.5 Å². The predicted molar refractivity (Wildman–Crippen MR) is 116 cm³/mol. The summed E-state index contributed by atoms with van der Waals surface area (Å²) < 4.78 is 5.49. The number of thioether (sulfide) groups is 2. The summed E-state index contributed by atoms with van der Waals surface area (Å²) in [6.45, 7) is 0. The maximum atomic E-state index is 11.7. The number of nitrogens with one attached hydrogen (secondary N) is 1. The lowest BCUT2D eigenvalue weighted by Gasteiger charge is -2.09. The molecule has 1 aliphatic heterocycles. The van der Waals surface area contributed by atoms with Crippen molar-refractivity contribution in [3.63, 3.8) is 0 Å². The molecule has 2 N–H and O–H groups in total. The van der Waals surface area contributed by atoms with Crippen molar-refractivity contribution in [3.05, 3.63) is 59.7 Å². The van der Waals surface area contributed by atoms with E-state index in [4.69, 9.17) is 9.84 Å². The average Bonchev–Trinajstić information content (AvgIpc) is 3.06. The first-order valence-corrected chi connectivity index (χ1v) is 10.6. The summed E-state index contributed by atoms with van der Waals surface area (Å²) in [6, 6.07) is 15.9. The molecule has 1 amide bonds. The Morgan fingerprint density at radius 1 is 1.31 bits per heavy atom. The SMILES string of the molecule is COc1cc(C=NN=C2NC(=O)C(CC(=O)O)S2)ccc1CSc1ccccc1. The molecule has 0 radical (unpaired) electrons. The third kappa shape index (κ3) is 6.10. The minimum atomic E-state index is -1.03. The highest BCUT2D eigenvalue weighted by Gasteiger charge is 2.32. The van der Waals surface area contributed by atoms with Crippen molar-refractivity contribution in [1.29, 1.82) is 0 Å². The minimum Gasteiger partial charge on any atom is -0.496 e. The van der Waals surface area contributed by atoms with Crippen molar-refractivity contribution < 1.29 is 19.4 Å². The molecular formula is C20H19N3O4S2. The van der Waals surface area contributed by atoms with Crippen LogP contribution < -0.4 is 10.1 Å². The third-order valence-electron chi connectivity index (χ3n) is 3.94. The van der Waals surface area contributed by atoms with Crippen LogP contribution >= 0.6 is 23.5 Å². The van der Waals surface area contributed by atoms with Crippen molar-refractivity contribution in [2.45, 2.75) is 22.3 Å². The van der Waals surface area contributed by atoms with Gasteiger partial charge in [-0.2, -0.15) is 5.10 Å². The Balaban J connectivity index is 1.62. The molecular weight excluding hydrogens is 410 g/mol. The molecule has 0 aliphatic carbocycles. The number of carboxylic acids is 1. The smallest absolute Gasteiger partial charge is 0.305 e. The van der Waals surface area contributed by atoms with Gasteiger partial charge in [0.15, 0.2) is 5.17 Å². The number of carbonyl (C=O) groups is 2. The Bertz CT molecular complexity index is 948. The zero-order chi connectivity index (χ0) is 20.6. The highest BCUT2D eigenvalue weighted by atomic mass is 32.2. The van der Waals surface area contributed by atoms with E-state index in [0.717, 1.165) is 34.4 Å². The molecule has 7 nitrogen and oxygen atoms in total. The van der Waals surface area contributed by atoms with Crippen molar-refractivity contribution >= 4 is 46.8 Å². The first kappa shape index (κ1) is 20.9. The van der Waals surface area contributed by atoms with Crippen LogP contribution in [0.3, 0.4) is 0 Å². The van der Waals surface area contributed by atoms with Crippen LogP contribution in [0.25, 0.3) is 0 Å². The molecule has 0 bridgehead atoms. The Kier molecular flexibility index (Phi) is 7.31. The normalized spacial score (nSPS) is 17.6. The van der Waals surface area contributed by atoms with Crippen LogP contribution in [0.4, 0.5) is 0 Å². The van der Waals surface area contributed by atoms with Gasteiger partial charge in [-0.3, -0.25) is 9.59 Å². The average molecular weight is 430 g/mol. The molecule has 1 atom stereocenters. The summed E-state index contributed by atoms with van der Waals surface area (Å²) >= 11 is 2.79. The molecule has 1 aliphatic rings. The summed E-state index contributed by atoms with van der Waals surface area (Å²) in [5.41, 5.74) is 1.87. The zero-order valence-corrected chi connectivity index (χ0v) is 17.2. The number of ether oxygens (including phenoxy) is 1. The van der Waals surface area contributed by atoms with Crippen LogP contribution in [0, 0.1) is 0 Å². The summed E-state index contributed by atoms with van der Waals surface area (Å²) in [5, 5.41) is 18.9. The van der Waals surface area contributed by atoms with Crippen molar-refractivity contribution in [1.82, 2.24) is 5.32 Å². The van der Waals surface area contributed by atoms with E-state index in [-0.39, 0.29) is 12.3 Å². The molecule has 150 valence electrons. The number of carboxylic acid groups (broad SMARTS) is 1. The van der Waals surface area contributed by atoms with Gasteiger partial charge >= 0.3 is 5.97 Å². The van der Waals surface area contributed by atoms with E-state index in [1.165, 1.54) is 4.90 Å². The zero-order valence-electron chi connectivity index (χ0n) is 15.6. The Labute approximate surface area is 176 Å². The van der Waals surface area contributed by atoms with Crippen LogP contribution in [0.15, 0.2) is 63.6 Å². The van der Waals surface area contributed by atoms with E-state index >= 15 is 0 Å². The van der Waals surface area contributed by atoms with E-state index in [0.29, 0.717) is 5.17 Å². The first-order chi connectivity index (χ1) is 14.0. The lowest BCUT2D eigenvalue weighted by Crippen LogP contribution is -2.26. The number of benzene rings is 2. The van der Waals surface area contributed by atoms with Crippen molar-refractivity contribution in [3.8, 4) is 5.75 Å². The van der Waals surface area contributed by atoms with Crippen LogP contribution in [-0.2, 0) is 15.3 Å². The lowest BCUT2D eigenvalue weighted by molar-refractivity contribution is -0.138. The Hall–Kier alpha value is -2.78. The van der Waals surface area contributed by atoms with E-state index in [1.54, 1.807) is 25.1 Å². The highest BCUT2D eigenvalue weighted by Crippen LogP contribution is 2.28. The van der Waals surface area contributed by atoms with Gasteiger partial charge in [0.2, 0.25) is 5.91 Å². The van der Waals surface area contributed by atoms with Gasteiger partial charge < -0.3 is 15.2 Å². The predicted octanol–water partition coefficient (Wildman–Crippen LogP) is 3.38. The van der Waals surface area contributed by atoms with Crippen LogP contribution in [0.2, 0.25) is 0 Å². The second kappa shape index (κ2) is 10.1. The second-order valence-corrected chi connectivity index (χ2v) is 8.26. The molecule has 1 unspecified atom stereocenters. The number of carbonyl (C=O) groups excluding carboxylic acids is 1. The number of amides is 1. The first-order valence-electron chi connectivity index (χ1n) is 8.70. The van der Waals surface area contributed by atoms with Crippen molar-refractivity contribution in [2.75, 3.05) is 7.11 Å². The maximum Gasteiger partial charge on any atom is 0.305 e. The third-order valence-corrected chi connectivity index (χ3v) is 6.07. The fourth-order valence-corrected chi connectivity index (χ4v) is 4.36. The number of amidine groups is 1. The van der Waals surface area contributed by atoms with E-state index in [2.05, 4.69) is 27.7 Å². The van der Waals surface area contributed by atoms with Gasteiger partial charge in [0.05, 0.1) is 19.7 Å². The molecule has 0 aromatic heterocycles. The number of nitrogens with zero attached hydrogens (tertiary/aromatic N) is 2. The van der Waals surface area contributed by atoms with Gasteiger partial charge in [-0.05, 0) is 23.8 Å². The van der Waals surface area contributed by atoms with Gasteiger partial charge in [0.25, 0.3) is 0 Å². The summed E-state index contributed by atoms with van der Waals surface area (Å²) in [7, 11) is 1.63. The van der Waals surface area contributed by atoms with E-state index < -0.39 is 11.2 Å². The summed E-state index contributed by atoms with van der Waals surface area (Å²) in [4.78, 5) is 23.6. The van der Waals surface area contributed by atoms with Crippen molar-refractivity contribution in [2.24, 2.45) is 10.2 Å². The van der Waals surface area contributed by atoms with Gasteiger partial charge in [-0.1, -0.05) is 42.1 Å². The monoisotopic (exact) mass is 429 g/mol. The molecule has 2 aromatic rings. The number of aliphatic carboxylic acids is 1. The Morgan fingerprint density at radius 3 is 2.83 bits per heavy atom. The van der Waals surface area contributed by atoms with Gasteiger partial charge in [0, 0.05) is 16.2 Å². The number of hydrogen-bond acceptors (Lipinski definition) is 7. The summed E-state index contributed by atoms with van der Waals surface area (Å²) in [5.74, 6) is 0.143. The molecule has 0 saturated carbocycles. The van der Waals surface area contributed by atoms with E-state index in [9.17, 15) is 9.59 Å².